The first-order chi connectivity index (χ1) is 7.62. The fourth-order valence-electron chi connectivity index (χ4n) is 3.45. The summed E-state index contributed by atoms with van der Waals surface area (Å²) in [6.45, 7) is 4.81. The van der Waals surface area contributed by atoms with Crippen LogP contribution < -0.4 is 0 Å². The van der Waals surface area contributed by atoms with E-state index in [1.807, 2.05) is 7.11 Å². The molecular weight excluding hydrogens is 196 g/mol. The Morgan fingerprint density at radius 1 is 1.25 bits per heavy atom. The second-order valence-corrected chi connectivity index (χ2v) is 6.32. The lowest BCUT2D eigenvalue weighted by Crippen LogP contribution is -2.31. The standard InChI is InChI=1S/C15H26O/c1-15(2)10-6-7-12(11-15)13-8-4-5-9-14(13)16-3/h7,13-14H,4-6,8-11H2,1-3H3. The summed E-state index contributed by atoms with van der Waals surface area (Å²) in [6.07, 6.45) is 12.3. The van der Waals surface area contributed by atoms with Crippen LogP contribution in [0.1, 0.15) is 58.8 Å². The second kappa shape index (κ2) is 4.91. The van der Waals surface area contributed by atoms with E-state index < -0.39 is 0 Å². The van der Waals surface area contributed by atoms with Gasteiger partial charge in [-0.05, 0) is 37.5 Å². The third-order valence-electron chi connectivity index (χ3n) is 4.39. The van der Waals surface area contributed by atoms with Gasteiger partial charge in [0.2, 0.25) is 0 Å². The van der Waals surface area contributed by atoms with Crippen LogP contribution in [0.25, 0.3) is 0 Å². The molecule has 2 aliphatic carbocycles. The summed E-state index contributed by atoms with van der Waals surface area (Å²) >= 11 is 0. The molecule has 0 aliphatic heterocycles. The van der Waals surface area contributed by atoms with Gasteiger partial charge in [0, 0.05) is 13.0 Å². The van der Waals surface area contributed by atoms with Crippen LogP contribution in [0.4, 0.5) is 0 Å². The summed E-state index contributed by atoms with van der Waals surface area (Å²) in [5.74, 6) is 0.721. The van der Waals surface area contributed by atoms with Gasteiger partial charge in [0.1, 0.15) is 0 Å². The Labute approximate surface area is 100 Å². The first-order valence-corrected chi connectivity index (χ1v) is 6.84. The van der Waals surface area contributed by atoms with Crippen molar-refractivity contribution in [2.24, 2.45) is 11.3 Å². The Hall–Kier alpha value is -0.300. The van der Waals surface area contributed by atoms with Crippen molar-refractivity contribution in [3.63, 3.8) is 0 Å². The van der Waals surface area contributed by atoms with E-state index in [0.29, 0.717) is 11.5 Å². The molecule has 0 aromatic carbocycles. The summed E-state index contributed by atoms with van der Waals surface area (Å²) in [6, 6.07) is 0. The number of rotatable bonds is 2. The number of methoxy groups -OCH3 is 1. The van der Waals surface area contributed by atoms with Crippen LogP contribution in [-0.4, -0.2) is 13.2 Å². The molecule has 1 nitrogen and oxygen atoms in total. The Balaban J connectivity index is 2.07. The van der Waals surface area contributed by atoms with E-state index in [-0.39, 0.29) is 0 Å². The quantitative estimate of drug-likeness (QED) is 0.632. The average Bonchev–Trinajstić information content (AvgIpc) is 2.27. The minimum atomic E-state index is 0.494. The van der Waals surface area contributed by atoms with Crippen molar-refractivity contribution in [1.29, 1.82) is 0 Å². The van der Waals surface area contributed by atoms with Gasteiger partial charge in [-0.1, -0.05) is 38.3 Å². The largest absolute Gasteiger partial charge is 0.381 e. The Morgan fingerprint density at radius 2 is 2.00 bits per heavy atom. The smallest absolute Gasteiger partial charge is 0.0636 e. The second-order valence-electron chi connectivity index (χ2n) is 6.32. The molecule has 2 atom stereocenters. The predicted molar refractivity (Wildman–Crippen MR) is 68.5 cm³/mol. The van der Waals surface area contributed by atoms with E-state index in [2.05, 4.69) is 19.9 Å². The van der Waals surface area contributed by atoms with Crippen LogP contribution in [0.2, 0.25) is 0 Å². The van der Waals surface area contributed by atoms with Gasteiger partial charge in [-0.25, -0.2) is 0 Å². The average molecular weight is 222 g/mol. The molecule has 0 N–H and O–H groups in total. The zero-order chi connectivity index (χ0) is 11.6. The molecule has 2 unspecified atom stereocenters. The van der Waals surface area contributed by atoms with Gasteiger partial charge in [-0.3, -0.25) is 0 Å². The Morgan fingerprint density at radius 3 is 2.69 bits per heavy atom. The van der Waals surface area contributed by atoms with Gasteiger partial charge in [-0.2, -0.15) is 0 Å². The minimum absolute atomic E-state index is 0.494. The molecule has 92 valence electrons. The molecule has 0 amide bonds. The third-order valence-corrected chi connectivity index (χ3v) is 4.39. The molecule has 0 spiro atoms. The van der Waals surface area contributed by atoms with Crippen LogP contribution >= 0.6 is 0 Å². The van der Waals surface area contributed by atoms with Crippen molar-refractivity contribution in [2.45, 2.75) is 64.9 Å². The third kappa shape index (κ3) is 2.68. The zero-order valence-electron chi connectivity index (χ0n) is 11.1. The summed E-state index contributed by atoms with van der Waals surface area (Å²) in [4.78, 5) is 0. The molecule has 1 heteroatoms. The highest BCUT2D eigenvalue weighted by Gasteiger charge is 2.32. The molecule has 0 aromatic heterocycles. The van der Waals surface area contributed by atoms with Gasteiger partial charge < -0.3 is 4.74 Å². The fourth-order valence-corrected chi connectivity index (χ4v) is 3.45. The van der Waals surface area contributed by atoms with Gasteiger partial charge >= 0.3 is 0 Å². The number of allylic oxidation sites excluding steroid dienone is 1. The fraction of sp³-hybridized carbons (Fsp3) is 0.867. The summed E-state index contributed by atoms with van der Waals surface area (Å²) in [5.41, 5.74) is 2.21. The van der Waals surface area contributed by atoms with Crippen LogP contribution in [0.15, 0.2) is 11.6 Å². The lowest BCUT2D eigenvalue weighted by molar-refractivity contribution is 0.0334. The van der Waals surface area contributed by atoms with E-state index in [1.165, 1.54) is 44.9 Å². The van der Waals surface area contributed by atoms with Crippen LogP contribution in [0, 0.1) is 11.3 Å². The molecule has 0 heterocycles. The normalized spacial score (nSPS) is 34.6. The lowest BCUT2D eigenvalue weighted by Gasteiger charge is -2.38. The molecule has 0 saturated heterocycles. The first kappa shape index (κ1) is 12.2. The zero-order valence-corrected chi connectivity index (χ0v) is 11.1. The number of hydrogen-bond acceptors (Lipinski definition) is 1. The van der Waals surface area contributed by atoms with E-state index in [4.69, 9.17) is 4.74 Å². The van der Waals surface area contributed by atoms with Crippen molar-refractivity contribution >= 4 is 0 Å². The Bertz CT molecular complexity index is 265. The maximum atomic E-state index is 5.68. The summed E-state index contributed by atoms with van der Waals surface area (Å²) in [5, 5.41) is 0. The Kier molecular flexibility index (Phi) is 3.73. The van der Waals surface area contributed by atoms with Crippen molar-refractivity contribution in [1.82, 2.24) is 0 Å². The molecule has 16 heavy (non-hydrogen) atoms. The predicted octanol–water partition coefficient (Wildman–Crippen LogP) is 4.33. The topological polar surface area (TPSA) is 9.23 Å². The van der Waals surface area contributed by atoms with Crippen molar-refractivity contribution in [2.75, 3.05) is 7.11 Å². The van der Waals surface area contributed by atoms with E-state index in [9.17, 15) is 0 Å². The van der Waals surface area contributed by atoms with Gasteiger partial charge in [0.05, 0.1) is 6.10 Å². The van der Waals surface area contributed by atoms with Crippen molar-refractivity contribution in [3.05, 3.63) is 11.6 Å². The monoisotopic (exact) mass is 222 g/mol. The molecule has 0 radical (unpaired) electrons. The lowest BCUT2D eigenvalue weighted by atomic mass is 9.70. The molecule has 0 bridgehead atoms. The molecule has 1 saturated carbocycles. The number of hydrogen-bond donors (Lipinski definition) is 0. The highest BCUT2D eigenvalue weighted by Crippen LogP contribution is 2.42. The first-order valence-electron chi connectivity index (χ1n) is 6.84. The van der Waals surface area contributed by atoms with E-state index in [0.717, 1.165) is 5.92 Å². The van der Waals surface area contributed by atoms with Crippen LogP contribution in [-0.2, 0) is 4.74 Å². The number of ether oxygens (including phenoxy) is 1. The molecule has 2 rings (SSSR count). The van der Waals surface area contributed by atoms with Crippen LogP contribution in [0.3, 0.4) is 0 Å². The maximum Gasteiger partial charge on any atom is 0.0636 e. The summed E-state index contributed by atoms with van der Waals surface area (Å²) < 4.78 is 5.68. The SMILES string of the molecule is COC1CCCCC1C1=CCCC(C)(C)C1. The van der Waals surface area contributed by atoms with Gasteiger partial charge in [-0.15, -0.1) is 0 Å². The van der Waals surface area contributed by atoms with E-state index >= 15 is 0 Å². The maximum absolute atomic E-state index is 5.68. The van der Waals surface area contributed by atoms with Gasteiger partial charge in [0.25, 0.3) is 0 Å². The summed E-state index contributed by atoms with van der Waals surface area (Å²) in [7, 11) is 1.89. The van der Waals surface area contributed by atoms with Crippen molar-refractivity contribution < 1.29 is 4.74 Å². The van der Waals surface area contributed by atoms with Crippen molar-refractivity contribution in [3.8, 4) is 0 Å². The highest BCUT2D eigenvalue weighted by molar-refractivity contribution is 5.15. The molecule has 1 fully saturated rings. The highest BCUT2D eigenvalue weighted by atomic mass is 16.5. The van der Waals surface area contributed by atoms with Gasteiger partial charge in [0.15, 0.2) is 0 Å². The molecule has 2 aliphatic rings. The van der Waals surface area contributed by atoms with Crippen LogP contribution in [0.5, 0.6) is 0 Å². The molecular formula is C15H26O. The minimum Gasteiger partial charge on any atom is -0.381 e. The van der Waals surface area contributed by atoms with E-state index in [1.54, 1.807) is 5.57 Å². The molecule has 0 aromatic rings.